The lowest BCUT2D eigenvalue weighted by Gasteiger charge is -2.40. The van der Waals surface area contributed by atoms with Crippen LogP contribution in [-0.4, -0.2) is 57.1 Å². The Bertz CT molecular complexity index is 1680. The number of halogens is 2. The van der Waals surface area contributed by atoms with Crippen molar-refractivity contribution in [2.45, 2.75) is 12.6 Å². The molecule has 8 nitrogen and oxygen atoms in total. The van der Waals surface area contributed by atoms with Crippen LogP contribution in [-0.2, 0) is 11.3 Å². The van der Waals surface area contributed by atoms with E-state index in [-0.39, 0.29) is 49.6 Å². The summed E-state index contributed by atoms with van der Waals surface area (Å²) in [5, 5.41) is 14.9. The summed E-state index contributed by atoms with van der Waals surface area (Å²) >= 11 is 0.933. The van der Waals surface area contributed by atoms with Gasteiger partial charge < -0.3 is 15.5 Å². The summed E-state index contributed by atoms with van der Waals surface area (Å²) in [7, 11) is 0. The number of hydrogen-bond donors (Lipinski definition) is 1. The number of rotatable bonds is 2. The Kier molecular flexibility index (Phi) is 4.84. The van der Waals surface area contributed by atoms with Gasteiger partial charge in [-0.05, 0) is 23.8 Å². The van der Waals surface area contributed by atoms with E-state index in [0.717, 1.165) is 11.3 Å². The van der Waals surface area contributed by atoms with E-state index in [1.165, 1.54) is 30.5 Å². The van der Waals surface area contributed by atoms with E-state index in [1.807, 2.05) is 6.07 Å². The van der Waals surface area contributed by atoms with E-state index in [1.54, 1.807) is 14.5 Å². The van der Waals surface area contributed by atoms with Gasteiger partial charge >= 0.3 is 0 Å². The topological polar surface area (TPSA) is 108 Å². The van der Waals surface area contributed by atoms with Crippen molar-refractivity contribution in [1.29, 1.82) is 5.26 Å². The molecular formula is C25H18F2N6O2S. The fourth-order valence-corrected chi connectivity index (χ4v) is 6.24. The molecule has 1 fully saturated rings. The smallest absolute Gasteiger partial charge is 0.256 e. The maximum Gasteiger partial charge on any atom is 0.256 e. The fraction of sp³-hybridized carbons (Fsp3) is 0.200. The van der Waals surface area contributed by atoms with Gasteiger partial charge in [0.1, 0.15) is 22.7 Å². The summed E-state index contributed by atoms with van der Waals surface area (Å²) in [5.41, 5.74) is 7.09. The number of hydrogen-bond acceptors (Lipinski definition) is 6. The predicted octanol–water partition coefficient (Wildman–Crippen LogP) is 3.50. The third kappa shape index (κ3) is 2.97. The SMILES string of the molecule is C=CC(=O)N1CCN2C(=O)c3cc(F)c(-c4ccc(F)c5sc(N)c(C#N)c45)c4cnn(c34)C[C@@H]2C1. The van der Waals surface area contributed by atoms with Crippen LogP contribution < -0.4 is 5.73 Å². The summed E-state index contributed by atoms with van der Waals surface area (Å²) in [5.74, 6) is -1.81. The Morgan fingerprint density at radius 1 is 1.25 bits per heavy atom. The molecule has 4 heterocycles. The molecule has 4 aromatic rings. The molecule has 0 aliphatic carbocycles. The van der Waals surface area contributed by atoms with Crippen molar-refractivity contribution in [1.82, 2.24) is 19.6 Å². The number of nitrogens with two attached hydrogens (primary N) is 1. The first kappa shape index (κ1) is 22.2. The number of aromatic nitrogens is 2. The molecule has 2 amide bonds. The minimum atomic E-state index is -0.689. The molecular weight excluding hydrogens is 486 g/mol. The lowest BCUT2D eigenvalue weighted by Crippen LogP contribution is -2.57. The second-order valence-corrected chi connectivity index (χ2v) is 9.82. The van der Waals surface area contributed by atoms with Crippen molar-refractivity contribution >= 4 is 49.1 Å². The van der Waals surface area contributed by atoms with Gasteiger partial charge in [0, 0.05) is 36.0 Å². The summed E-state index contributed by atoms with van der Waals surface area (Å²) < 4.78 is 32.2. The average Bonchev–Trinajstić information content (AvgIpc) is 3.41. The van der Waals surface area contributed by atoms with Crippen LogP contribution in [0.25, 0.3) is 32.1 Å². The highest BCUT2D eigenvalue weighted by atomic mass is 32.1. The average molecular weight is 505 g/mol. The Balaban J connectivity index is 1.57. The molecule has 2 N–H and O–H groups in total. The van der Waals surface area contributed by atoms with Gasteiger partial charge in [0.25, 0.3) is 5.91 Å². The molecule has 36 heavy (non-hydrogen) atoms. The van der Waals surface area contributed by atoms with Gasteiger partial charge in [-0.25, -0.2) is 8.78 Å². The number of amides is 2. The van der Waals surface area contributed by atoms with Gasteiger partial charge in [-0.2, -0.15) is 10.4 Å². The molecule has 0 unspecified atom stereocenters. The first-order valence-corrected chi connectivity index (χ1v) is 12.0. The van der Waals surface area contributed by atoms with Gasteiger partial charge in [0.2, 0.25) is 5.91 Å². The number of nitrogens with zero attached hydrogens (tertiary/aromatic N) is 5. The van der Waals surface area contributed by atoms with E-state index < -0.39 is 11.6 Å². The molecule has 2 aliphatic heterocycles. The van der Waals surface area contributed by atoms with Crippen molar-refractivity contribution in [3.63, 3.8) is 0 Å². The Morgan fingerprint density at radius 3 is 2.81 bits per heavy atom. The molecule has 1 saturated heterocycles. The number of fused-ring (bicyclic) bond motifs is 2. The highest BCUT2D eigenvalue weighted by Crippen LogP contribution is 2.44. The standard InChI is InChI=1S/C25H18F2N6O2S/c1-2-19(34)31-5-6-32-12(10-31)11-33-22-14(25(32)35)7-18(27)20(16(22)9-30-33)13-3-4-17(26)23-21(13)15(8-28)24(29)36-23/h2-4,7,9,12H,1,5-6,10-11,29H2/t12-/m0/s1. The summed E-state index contributed by atoms with van der Waals surface area (Å²) in [6.45, 7) is 4.80. The van der Waals surface area contributed by atoms with Crippen molar-refractivity contribution in [2.24, 2.45) is 0 Å². The number of piperazine rings is 1. The first-order chi connectivity index (χ1) is 17.3. The third-order valence-electron chi connectivity index (χ3n) is 6.92. The van der Waals surface area contributed by atoms with Crippen molar-refractivity contribution in [3.8, 4) is 17.2 Å². The number of benzene rings is 2. The minimum absolute atomic E-state index is 0.0815. The number of nitrogen functional groups attached to an aromatic ring is 1. The summed E-state index contributed by atoms with van der Waals surface area (Å²) in [6.07, 6.45) is 2.72. The van der Waals surface area contributed by atoms with E-state index >= 15 is 4.39 Å². The van der Waals surface area contributed by atoms with Gasteiger partial charge in [-0.15, -0.1) is 11.3 Å². The Hall–Kier alpha value is -4.30. The van der Waals surface area contributed by atoms with Gasteiger partial charge in [0.05, 0.1) is 40.1 Å². The van der Waals surface area contributed by atoms with Crippen LogP contribution in [0.4, 0.5) is 13.8 Å². The molecule has 0 spiro atoms. The predicted molar refractivity (Wildman–Crippen MR) is 131 cm³/mol. The monoisotopic (exact) mass is 504 g/mol. The highest BCUT2D eigenvalue weighted by Gasteiger charge is 2.37. The molecule has 0 saturated carbocycles. The summed E-state index contributed by atoms with van der Waals surface area (Å²) in [4.78, 5) is 29.0. The van der Waals surface area contributed by atoms with Crippen molar-refractivity contribution in [3.05, 3.63) is 59.8 Å². The zero-order valence-corrected chi connectivity index (χ0v) is 19.6. The maximum absolute atomic E-state index is 15.8. The quantitative estimate of drug-likeness (QED) is 0.421. The van der Waals surface area contributed by atoms with Crippen LogP contribution in [0.5, 0.6) is 0 Å². The van der Waals surface area contributed by atoms with E-state index in [0.29, 0.717) is 42.6 Å². The first-order valence-electron chi connectivity index (χ1n) is 11.1. The number of thiophene rings is 1. The second kappa shape index (κ2) is 7.86. The normalized spacial score (nSPS) is 17.2. The molecule has 0 bridgehead atoms. The maximum atomic E-state index is 15.8. The molecule has 1 atom stereocenters. The molecule has 2 aliphatic rings. The van der Waals surface area contributed by atoms with E-state index in [4.69, 9.17) is 5.73 Å². The number of carbonyl (C=O) groups excluding carboxylic acids is 2. The highest BCUT2D eigenvalue weighted by molar-refractivity contribution is 7.23. The Morgan fingerprint density at radius 2 is 2.06 bits per heavy atom. The zero-order valence-electron chi connectivity index (χ0n) is 18.8. The van der Waals surface area contributed by atoms with Crippen LogP contribution in [0.15, 0.2) is 37.1 Å². The lowest BCUT2D eigenvalue weighted by atomic mass is 9.94. The van der Waals surface area contributed by atoms with Gasteiger partial charge in [-0.1, -0.05) is 12.6 Å². The van der Waals surface area contributed by atoms with Gasteiger partial charge in [0.15, 0.2) is 0 Å². The second-order valence-electron chi connectivity index (χ2n) is 8.76. The molecule has 0 radical (unpaired) electrons. The van der Waals surface area contributed by atoms with E-state index in [2.05, 4.69) is 11.7 Å². The molecule has 11 heteroatoms. The van der Waals surface area contributed by atoms with Crippen LogP contribution in [0, 0.1) is 23.0 Å². The van der Waals surface area contributed by atoms with Crippen LogP contribution in [0.3, 0.4) is 0 Å². The van der Waals surface area contributed by atoms with Crippen molar-refractivity contribution in [2.75, 3.05) is 25.4 Å². The third-order valence-corrected chi connectivity index (χ3v) is 7.94. The zero-order chi connectivity index (χ0) is 25.3. The minimum Gasteiger partial charge on any atom is -0.389 e. The van der Waals surface area contributed by atoms with Crippen LogP contribution in [0.2, 0.25) is 0 Å². The molecule has 2 aromatic heterocycles. The molecule has 6 rings (SSSR count). The molecule has 2 aromatic carbocycles. The van der Waals surface area contributed by atoms with E-state index in [9.17, 15) is 19.2 Å². The largest absolute Gasteiger partial charge is 0.389 e. The fourth-order valence-electron chi connectivity index (χ4n) is 5.29. The van der Waals surface area contributed by atoms with Gasteiger partial charge in [-0.3, -0.25) is 14.3 Å². The lowest BCUT2D eigenvalue weighted by molar-refractivity contribution is -0.128. The van der Waals surface area contributed by atoms with Crippen LogP contribution in [0.1, 0.15) is 15.9 Å². The summed E-state index contributed by atoms with van der Waals surface area (Å²) in [6, 6.07) is 5.47. The number of anilines is 1. The number of carbonyl (C=O) groups is 2. The van der Waals surface area contributed by atoms with Crippen molar-refractivity contribution < 1.29 is 18.4 Å². The Labute approximate surface area is 207 Å². The van der Waals surface area contributed by atoms with Crippen LogP contribution >= 0.6 is 11.3 Å². The molecule has 180 valence electrons. The number of nitriles is 1.